The van der Waals surface area contributed by atoms with E-state index in [0.29, 0.717) is 17.0 Å². The predicted molar refractivity (Wildman–Crippen MR) is 82.4 cm³/mol. The van der Waals surface area contributed by atoms with E-state index < -0.39 is 5.54 Å². The Balaban J connectivity index is 2.50. The molecule has 0 fully saturated rings. The summed E-state index contributed by atoms with van der Waals surface area (Å²) < 4.78 is 0. The van der Waals surface area contributed by atoms with E-state index in [9.17, 15) is 9.59 Å². The lowest BCUT2D eigenvalue weighted by Crippen LogP contribution is -2.41. The molecule has 112 valence electrons. The fourth-order valence-electron chi connectivity index (χ4n) is 2.18. The molecule has 21 heavy (non-hydrogen) atoms. The van der Waals surface area contributed by atoms with Gasteiger partial charge in [-0.1, -0.05) is 32.0 Å². The first-order chi connectivity index (χ1) is 9.77. The fraction of sp³-hybridized carbons (Fsp3) is 0.438. The molecule has 2 amide bonds. The van der Waals surface area contributed by atoms with E-state index in [2.05, 4.69) is 10.3 Å². The number of carbonyl (C=O) groups is 2. The van der Waals surface area contributed by atoms with E-state index in [-0.39, 0.29) is 17.7 Å². The summed E-state index contributed by atoms with van der Waals surface area (Å²) in [6.45, 7) is 5.74. The van der Waals surface area contributed by atoms with Gasteiger partial charge in [0.2, 0.25) is 0 Å². The van der Waals surface area contributed by atoms with E-state index >= 15 is 0 Å². The Kier molecular flexibility index (Phi) is 3.85. The standard InChI is InChI=1S/C16H21N3O2/c1-10(2)16(3)15(21)17-13(18-16)11-8-6-7-9-12(11)14(20)19(4)5/h6-10H,1-5H3,(H,17,18,21)/t16-/m1/s1. The van der Waals surface area contributed by atoms with E-state index in [1.165, 1.54) is 4.90 Å². The SMILES string of the molecule is CC(C)[C@@]1(C)N=C(c2ccccc2C(=O)N(C)C)NC1=O. The number of aliphatic imine (C=N–C) groups is 1. The third-order valence-electron chi connectivity index (χ3n) is 3.98. The lowest BCUT2D eigenvalue weighted by atomic mass is 9.89. The first kappa shape index (κ1) is 15.2. The van der Waals surface area contributed by atoms with Crippen molar-refractivity contribution in [2.24, 2.45) is 10.9 Å². The van der Waals surface area contributed by atoms with Crippen LogP contribution in [0.4, 0.5) is 0 Å². The Morgan fingerprint density at radius 1 is 1.29 bits per heavy atom. The van der Waals surface area contributed by atoms with Gasteiger partial charge in [0.15, 0.2) is 0 Å². The van der Waals surface area contributed by atoms with Crippen LogP contribution < -0.4 is 5.32 Å². The first-order valence-corrected chi connectivity index (χ1v) is 6.99. The number of nitrogens with one attached hydrogen (secondary N) is 1. The van der Waals surface area contributed by atoms with Gasteiger partial charge < -0.3 is 10.2 Å². The van der Waals surface area contributed by atoms with Crippen LogP contribution in [-0.4, -0.2) is 42.2 Å². The quantitative estimate of drug-likeness (QED) is 0.919. The van der Waals surface area contributed by atoms with Gasteiger partial charge in [-0.2, -0.15) is 0 Å². The van der Waals surface area contributed by atoms with Gasteiger partial charge >= 0.3 is 0 Å². The molecule has 5 heteroatoms. The van der Waals surface area contributed by atoms with Gasteiger partial charge in [0, 0.05) is 19.7 Å². The fourth-order valence-corrected chi connectivity index (χ4v) is 2.18. The lowest BCUT2D eigenvalue weighted by molar-refractivity contribution is -0.124. The average Bonchev–Trinajstić information content (AvgIpc) is 2.75. The first-order valence-electron chi connectivity index (χ1n) is 6.99. The predicted octanol–water partition coefficient (Wildman–Crippen LogP) is 1.68. The summed E-state index contributed by atoms with van der Waals surface area (Å²) in [7, 11) is 3.40. The van der Waals surface area contributed by atoms with Crippen LogP contribution in [0.5, 0.6) is 0 Å². The molecule has 0 radical (unpaired) electrons. The molecule has 2 rings (SSSR count). The van der Waals surface area contributed by atoms with Crippen LogP contribution in [0.2, 0.25) is 0 Å². The minimum Gasteiger partial charge on any atom is -0.345 e. The lowest BCUT2D eigenvalue weighted by Gasteiger charge is -2.21. The zero-order valence-electron chi connectivity index (χ0n) is 13.1. The summed E-state index contributed by atoms with van der Waals surface area (Å²) in [6, 6.07) is 7.19. The molecular formula is C16H21N3O2. The van der Waals surface area contributed by atoms with Crippen molar-refractivity contribution < 1.29 is 9.59 Å². The van der Waals surface area contributed by atoms with Crippen molar-refractivity contribution in [3.63, 3.8) is 0 Å². The van der Waals surface area contributed by atoms with Crippen molar-refractivity contribution in [1.29, 1.82) is 0 Å². The summed E-state index contributed by atoms with van der Waals surface area (Å²) in [5.74, 6) is 0.314. The highest BCUT2D eigenvalue weighted by Crippen LogP contribution is 2.27. The second kappa shape index (κ2) is 5.31. The third-order valence-corrected chi connectivity index (χ3v) is 3.98. The summed E-state index contributed by atoms with van der Waals surface area (Å²) in [6.07, 6.45) is 0. The van der Waals surface area contributed by atoms with Crippen molar-refractivity contribution in [3.8, 4) is 0 Å². The maximum absolute atomic E-state index is 12.3. The summed E-state index contributed by atoms with van der Waals surface area (Å²) in [5, 5.41) is 2.82. The molecule has 0 bridgehead atoms. The number of hydrogen-bond acceptors (Lipinski definition) is 3. The molecule has 1 N–H and O–H groups in total. The third kappa shape index (κ3) is 2.55. The van der Waals surface area contributed by atoms with E-state index in [1.807, 2.05) is 32.9 Å². The maximum atomic E-state index is 12.3. The van der Waals surface area contributed by atoms with Gasteiger partial charge in [-0.05, 0) is 18.9 Å². The van der Waals surface area contributed by atoms with Crippen molar-refractivity contribution in [1.82, 2.24) is 10.2 Å². The van der Waals surface area contributed by atoms with Crippen LogP contribution in [0.1, 0.15) is 36.7 Å². The zero-order chi connectivity index (χ0) is 15.8. The largest absolute Gasteiger partial charge is 0.345 e. The van der Waals surface area contributed by atoms with Gasteiger partial charge in [-0.15, -0.1) is 0 Å². The van der Waals surface area contributed by atoms with Crippen molar-refractivity contribution >= 4 is 17.6 Å². The van der Waals surface area contributed by atoms with E-state index in [1.54, 1.807) is 26.2 Å². The molecule has 5 nitrogen and oxygen atoms in total. The maximum Gasteiger partial charge on any atom is 0.254 e. The normalized spacial score (nSPS) is 21.2. The number of amides is 2. The molecule has 0 aromatic heterocycles. The summed E-state index contributed by atoms with van der Waals surface area (Å²) >= 11 is 0. The number of rotatable bonds is 3. The number of nitrogens with zero attached hydrogens (tertiary/aromatic N) is 2. The van der Waals surface area contributed by atoms with Gasteiger partial charge in [0.05, 0.1) is 5.56 Å². The van der Waals surface area contributed by atoms with Crippen LogP contribution in [-0.2, 0) is 4.79 Å². The summed E-state index contributed by atoms with van der Waals surface area (Å²) in [4.78, 5) is 30.5. The van der Waals surface area contributed by atoms with Crippen molar-refractivity contribution in [2.45, 2.75) is 26.3 Å². The summed E-state index contributed by atoms with van der Waals surface area (Å²) in [5.41, 5.74) is 0.410. The van der Waals surface area contributed by atoms with Crippen LogP contribution >= 0.6 is 0 Å². The molecule has 1 heterocycles. The Labute approximate surface area is 125 Å². The van der Waals surface area contributed by atoms with Gasteiger partial charge in [-0.25, -0.2) is 0 Å². The molecule has 0 saturated heterocycles. The highest BCUT2D eigenvalue weighted by Gasteiger charge is 2.42. The molecule has 0 unspecified atom stereocenters. The molecule has 1 aromatic rings. The molecule has 1 aromatic carbocycles. The van der Waals surface area contributed by atoms with Crippen LogP contribution in [0.25, 0.3) is 0 Å². The highest BCUT2D eigenvalue weighted by atomic mass is 16.2. The van der Waals surface area contributed by atoms with Gasteiger partial charge in [-0.3, -0.25) is 14.6 Å². The molecule has 0 saturated carbocycles. The second-order valence-corrected chi connectivity index (χ2v) is 5.96. The average molecular weight is 287 g/mol. The molecule has 1 aliphatic heterocycles. The molecule has 1 aliphatic rings. The van der Waals surface area contributed by atoms with E-state index in [0.717, 1.165) is 0 Å². The van der Waals surface area contributed by atoms with Crippen LogP contribution in [0.3, 0.4) is 0 Å². The van der Waals surface area contributed by atoms with Crippen molar-refractivity contribution in [3.05, 3.63) is 35.4 Å². The highest BCUT2D eigenvalue weighted by molar-refractivity contribution is 6.18. The molecule has 1 atom stereocenters. The van der Waals surface area contributed by atoms with E-state index in [4.69, 9.17) is 0 Å². The van der Waals surface area contributed by atoms with Crippen molar-refractivity contribution in [2.75, 3.05) is 14.1 Å². The Morgan fingerprint density at radius 3 is 2.43 bits per heavy atom. The second-order valence-electron chi connectivity index (χ2n) is 5.96. The van der Waals surface area contributed by atoms with Gasteiger partial charge in [0.25, 0.3) is 11.8 Å². The number of benzene rings is 1. The zero-order valence-corrected chi connectivity index (χ0v) is 13.1. The molecular weight excluding hydrogens is 266 g/mol. The monoisotopic (exact) mass is 287 g/mol. The Morgan fingerprint density at radius 2 is 1.90 bits per heavy atom. The Bertz CT molecular complexity index is 620. The minimum absolute atomic E-state index is 0.0757. The molecule has 0 spiro atoms. The Hall–Kier alpha value is -2.17. The smallest absolute Gasteiger partial charge is 0.254 e. The number of hydrogen-bond donors (Lipinski definition) is 1. The topological polar surface area (TPSA) is 61.8 Å². The number of amidine groups is 1. The number of carbonyl (C=O) groups excluding carboxylic acids is 2. The molecule has 0 aliphatic carbocycles. The van der Waals surface area contributed by atoms with Gasteiger partial charge in [0.1, 0.15) is 11.4 Å². The minimum atomic E-state index is -0.788. The van der Waals surface area contributed by atoms with Crippen LogP contribution in [0.15, 0.2) is 29.3 Å². The van der Waals surface area contributed by atoms with Crippen LogP contribution in [0, 0.1) is 5.92 Å².